The van der Waals surface area contributed by atoms with Crippen LogP contribution in [-0.2, 0) is 4.79 Å². The highest BCUT2D eigenvalue weighted by molar-refractivity contribution is 5.80. The summed E-state index contributed by atoms with van der Waals surface area (Å²) in [7, 11) is 4.11. The van der Waals surface area contributed by atoms with Crippen LogP contribution in [-0.4, -0.2) is 55.1 Å². The molecule has 0 aromatic heterocycles. The van der Waals surface area contributed by atoms with Crippen molar-refractivity contribution in [2.24, 2.45) is 0 Å². The Kier molecular flexibility index (Phi) is 3.89. The van der Waals surface area contributed by atoms with Gasteiger partial charge in [0.2, 0.25) is 5.91 Å². The van der Waals surface area contributed by atoms with Crippen LogP contribution >= 0.6 is 0 Å². The first-order chi connectivity index (χ1) is 6.52. The molecule has 0 aliphatic carbocycles. The van der Waals surface area contributed by atoms with E-state index >= 15 is 0 Å². The monoisotopic (exact) mass is 199 g/mol. The van der Waals surface area contributed by atoms with Gasteiger partial charge in [-0.05, 0) is 40.9 Å². The lowest BCUT2D eigenvalue weighted by molar-refractivity contribution is -0.129. The molecule has 1 rings (SSSR count). The van der Waals surface area contributed by atoms with Crippen LogP contribution in [0.4, 0.5) is 0 Å². The second kappa shape index (κ2) is 4.75. The van der Waals surface area contributed by atoms with Gasteiger partial charge in [0.1, 0.15) is 0 Å². The van der Waals surface area contributed by atoms with E-state index in [-0.39, 0.29) is 12.1 Å². The molecule has 14 heavy (non-hydrogen) atoms. The predicted octanol–water partition coefficient (Wildman–Crippen LogP) is 0.104. The van der Waals surface area contributed by atoms with Gasteiger partial charge in [-0.3, -0.25) is 10.1 Å². The minimum Gasteiger partial charge on any atom is -0.324 e. The zero-order valence-electron chi connectivity index (χ0n) is 9.58. The Labute approximate surface area is 86.2 Å². The van der Waals surface area contributed by atoms with Crippen LogP contribution in [0.15, 0.2) is 0 Å². The van der Waals surface area contributed by atoms with E-state index in [0.29, 0.717) is 12.6 Å². The maximum absolute atomic E-state index is 11.5. The molecule has 4 nitrogen and oxygen atoms in total. The van der Waals surface area contributed by atoms with Gasteiger partial charge in [-0.15, -0.1) is 0 Å². The topological polar surface area (TPSA) is 35.6 Å². The molecule has 0 aromatic carbocycles. The first kappa shape index (κ1) is 11.5. The van der Waals surface area contributed by atoms with E-state index in [1.165, 1.54) is 0 Å². The maximum atomic E-state index is 11.5. The van der Waals surface area contributed by atoms with Crippen molar-refractivity contribution in [1.82, 2.24) is 15.1 Å². The SMILES string of the molecule is CC(CCN(C)C)N1C(=O)CNC1C. The molecule has 1 saturated heterocycles. The summed E-state index contributed by atoms with van der Waals surface area (Å²) in [5.41, 5.74) is 0. The van der Waals surface area contributed by atoms with E-state index in [4.69, 9.17) is 0 Å². The summed E-state index contributed by atoms with van der Waals surface area (Å²) in [6.45, 7) is 5.67. The number of hydrogen-bond donors (Lipinski definition) is 1. The fourth-order valence-electron chi connectivity index (χ4n) is 1.85. The Hall–Kier alpha value is -0.610. The first-order valence-electron chi connectivity index (χ1n) is 5.21. The molecule has 82 valence electrons. The van der Waals surface area contributed by atoms with Crippen LogP contribution in [0, 0.1) is 0 Å². The smallest absolute Gasteiger partial charge is 0.238 e. The summed E-state index contributed by atoms with van der Waals surface area (Å²) >= 11 is 0. The third kappa shape index (κ3) is 2.69. The summed E-state index contributed by atoms with van der Waals surface area (Å²) in [5, 5.41) is 3.15. The van der Waals surface area contributed by atoms with E-state index in [1.54, 1.807) is 0 Å². The predicted molar refractivity (Wildman–Crippen MR) is 56.9 cm³/mol. The number of nitrogens with one attached hydrogen (secondary N) is 1. The van der Waals surface area contributed by atoms with Gasteiger partial charge in [0.25, 0.3) is 0 Å². The summed E-state index contributed by atoms with van der Waals surface area (Å²) in [5.74, 6) is 0.226. The Bertz CT molecular complexity index is 206. The van der Waals surface area contributed by atoms with Crippen molar-refractivity contribution in [1.29, 1.82) is 0 Å². The fourth-order valence-corrected chi connectivity index (χ4v) is 1.85. The second-order valence-electron chi connectivity index (χ2n) is 4.30. The van der Waals surface area contributed by atoms with E-state index in [1.807, 2.05) is 11.8 Å². The largest absolute Gasteiger partial charge is 0.324 e. The second-order valence-corrected chi connectivity index (χ2v) is 4.30. The van der Waals surface area contributed by atoms with Crippen LogP contribution in [0.5, 0.6) is 0 Å². The summed E-state index contributed by atoms with van der Waals surface area (Å²) in [4.78, 5) is 15.6. The van der Waals surface area contributed by atoms with E-state index in [0.717, 1.165) is 13.0 Å². The summed E-state index contributed by atoms with van der Waals surface area (Å²) in [6, 6.07) is 0.329. The Morgan fingerprint density at radius 3 is 2.71 bits per heavy atom. The Balaban J connectivity index is 2.42. The summed E-state index contributed by atoms with van der Waals surface area (Å²) < 4.78 is 0. The highest BCUT2D eigenvalue weighted by atomic mass is 16.2. The van der Waals surface area contributed by atoms with Crippen molar-refractivity contribution < 1.29 is 4.79 Å². The molecule has 1 fully saturated rings. The first-order valence-corrected chi connectivity index (χ1v) is 5.21. The van der Waals surface area contributed by atoms with Crippen LogP contribution in [0.3, 0.4) is 0 Å². The third-order valence-corrected chi connectivity index (χ3v) is 2.72. The lowest BCUT2D eigenvalue weighted by Crippen LogP contribution is -2.42. The van der Waals surface area contributed by atoms with Crippen molar-refractivity contribution in [3.8, 4) is 0 Å². The van der Waals surface area contributed by atoms with Gasteiger partial charge in [0, 0.05) is 6.04 Å². The molecule has 0 aromatic rings. The van der Waals surface area contributed by atoms with Crippen LogP contribution in [0.2, 0.25) is 0 Å². The quantitative estimate of drug-likeness (QED) is 0.698. The lowest BCUT2D eigenvalue weighted by Gasteiger charge is -2.29. The average molecular weight is 199 g/mol. The zero-order chi connectivity index (χ0) is 10.7. The van der Waals surface area contributed by atoms with Crippen molar-refractivity contribution in [2.45, 2.75) is 32.5 Å². The molecule has 1 amide bonds. The molecule has 0 radical (unpaired) electrons. The van der Waals surface area contributed by atoms with Crippen molar-refractivity contribution >= 4 is 5.91 Å². The van der Waals surface area contributed by atoms with Crippen molar-refractivity contribution in [2.75, 3.05) is 27.2 Å². The number of carbonyl (C=O) groups is 1. The van der Waals surface area contributed by atoms with E-state index in [9.17, 15) is 4.79 Å². The van der Waals surface area contributed by atoms with Crippen LogP contribution in [0.1, 0.15) is 20.3 Å². The maximum Gasteiger partial charge on any atom is 0.238 e. The molecule has 0 spiro atoms. The van der Waals surface area contributed by atoms with Gasteiger partial charge in [-0.2, -0.15) is 0 Å². The lowest BCUT2D eigenvalue weighted by atomic mass is 10.2. The third-order valence-electron chi connectivity index (χ3n) is 2.72. The minimum absolute atomic E-state index is 0.194. The number of hydrogen-bond acceptors (Lipinski definition) is 3. The molecule has 0 bridgehead atoms. The number of amides is 1. The van der Waals surface area contributed by atoms with Gasteiger partial charge in [-0.1, -0.05) is 0 Å². The van der Waals surface area contributed by atoms with Crippen molar-refractivity contribution in [3.05, 3.63) is 0 Å². The fraction of sp³-hybridized carbons (Fsp3) is 0.900. The van der Waals surface area contributed by atoms with Crippen LogP contribution in [0.25, 0.3) is 0 Å². The standard InChI is InChI=1S/C10H21N3O/c1-8(5-6-12(3)4)13-9(2)11-7-10(13)14/h8-9,11H,5-7H2,1-4H3. The normalized spacial score (nSPS) is 24.8. The molecule has 1 N–H and O–H groups in total. The number of rotatable bonds is 4. The molecular formula is C10H21N3O. The summed E-state index contributed by atoms with van der Waals surface area (Å²) in [6.07, 6.45) is 1.23. The van der Waals surface area contributed by atoms with E-state index < -0.39 is 0 Å². The van der Waals surface area contributed by atoms with E-state index in [2.05, 4.69) is 31.2 Å². The molecular weight excluding hydrogens is 178 g/mol. The molecule has 2 atom stereocenters. The molecule has 2 unspecified atom stereocenters. The Morgan fingerprint density at radius 1 is 1.64 bits per heavy atom. The van der Waals surface area contributed by atoms with Gasteiger partial charge in [0.05, 0.1) is 12.7 Å². The molecule has 1 heterocycles. The van der Waals surface area contributed by atoms with Gasteiger partial charge >= 0.3 is 0 Å². The molecule has 0 saturated carbocycles. The highest BCUT2D eigenvalue weighted by Gasteiger charge is 2.30. The molecule has 1 aliphatic heterocycles. The van der Waals surface area contributed by atoms with Gasteiger partial charge < -0.3 is 9.80 Å². The number of nitrogens with zero attached hydrogens (tertiary/aromatic N) is 2. The zero-order valence-corrected chi connectivity index (χ0v) is 9.58. The van der Waals surface area contributed by atoms with Gasteiger partial charge in [0.15, 0.2) is 0 Å². The van der Waals surface area contributed by atoms with Crippen LogP contribution < -0.4 is 5.32 Å². The molecule has 1 aliphatic rings. The molecule has 4 heteroatoms. The van der Waals surface area contributed by atoms with Crippen molar-refractivity contribution in [3.63, 3.8) is 0 Å². The average Bonchev–Trinajstić information content (AvgIpc) is 2.42. The number of carbonyl (C=O) groups excluding carboxylic acids is 1. The highest BCUT2D eigenvalue weighted by Crippen LogP contribution is 2.12. The minimum atomic E-state index is 0.194. The van der Waals surface area contributed by atoms with Gasteiger partial charge in [-0.25, -0.2) is 0 Å². The Morgan fingerprint density at radius 2 is 2.29 bits per heavy atom.